The normalized spacial score (nSPS) is 12.4. The molecule has 0 aromatic heterocycles. The molecular formula is C14H19ClFNO2. The number of carboxylic acid groups (broad SMARTS) is 1. The second-order valence-corrected chi connectivity index (χ2v) is 4.84. The number of halogens is 2. The molecular weight excluding hydrogens is 269 g/mol. The first-order chi connectivity index (χ1) is 9.06. The Morgan fingerprint density at radius 3 is 2.84 bits per heavy atom. The highest BCUT2D eigenvalue weighted by molar-refractivity contribution is 6.31. The van der Waals surface area contributed by atoms with E-state index >= 15 is 0 Å². The molecule has 0 bridgehead atoms. The van der Waals surface area contributed by atoms with Crippen LogP contribution in [-0.4, -0.2) is 23.7 Å². The molecule has 2 N–H and O–H groups in total. The third kappa shape index (κ3) is 5.17. The molecule has 0 saturated carbocycles. The number of benzene rings is 1. The third-order valence-corrected chi connectivity index (χ3v) is 3.29. The van der Waals surface area contributed by atoms with Gasteiger partial charge in [-0.2, -0.15) is 0 Å². The zero-order valence-electron chi connectivity index (χ0n) is 11.0. The minimum atomic E-state index is -0.842. The van der Waals surface area contributed by atoms with Crippen LogP contribution in [0.4, 0.5) is 4.39 Å². The van der Waals surface area contributed by atoms with E-state index in [0.29, 0.717) is 36.4 Å². The molecule has 3 nitrogen and oxygen atoms in total. The van der Waals surface area contributed by atoms with E-state index in [4.69, 9.17) is 16.7 Å². The second-order valence-electron chi connectivity index (χ2n) is 4.44. The van der Waals surface area contributed by atoms with Crippen molar-refractivity contribution >= 4 is 17.6 Å². The van der Waals surface area contributed by atoms with E-state index in [9.17, 15) is 9.18 Å². The summed E-state index contributed by atoms with van der Waals surface area (Å²) in [6, 6.07) is 4.08. The Morgan fingerprint density at radius 1 is 1.53 bits per heavy atom. The van der Waals surface area contributed by atoms with Gasteiger partial charge in [0.25, 0.3) is 0 Å². The van der Waals surface area contributed by atoms with E-state index in [0.717, 1.165) is 6.42 Å². The van der Waals surface area contributed by atoms with Gasteiger partial charge < -0.3 is 10.4 Å². The minimum absolute atomic E-state index is 0.309. The molecule has 0 aliphatic heterocycles. The molecule has 1 aromatic rings. The van der Waals surface area contributed by atoms with Crippen LogP contribution < -0.4 is 5.32 Å². The summed E-state index contributed by atoms with van der Waals surface area (Å²) in [6.45, 7) is 2.47. The van der Waals surface area contributed by atoms with Crippen molar-refractivity contribution in [3.8, 4) is 0 Å². The molecule has 0 amide bonds. The molecule has 0 aliphatic rings. The number of hydrogen-bond acceptors (Lipinski definition) is 2. The van der Waals surface area contributed by atoms with E-state index in [1.807, 2.05) is 6.92 Å². The molecule has 0 radical (unpaired) electrons. The lowest BCUT2D eigenvalue weighted by molar-refractivity contribution is -0.139. The quantitative estimate of drug-likeness (QED) is 0.722. The maximum Gasteiger partial charge on any atom is 0.320 e. The number of nitrogens with one attached hydrogen (secondary N) is 1. The summed E-state index contributed by atoms with van der Waals surface area (Å²) in [6.07, 6.45) is 2.55. The van der Waals surface area contributed by atoms with Gasteiger partial charge in [-0.05, 0) is 37.9 Å². The van der Waals surface area contributed by atoms with Gasteiger partial charge in [-0.3, -0.25) is 4.79 Å². The first kappa shape index (κ1) is 15.9. The van der Waals surface area contributed by atoms with Gasteiger partial charge in [0.2, 0.25) is 0 Å². The van der Waals surface area contributed by atoms with Gasteiger partial charge in [-0.25, -0.2) is 4.39 Å². The molecule has 0 aliphatic carbocycles. The van der Waals surface area contributed by atoms with E-state index in [-0.39, 0.29) is 5.82 Å². The largest absolute Gasteiger partial charge is 0.480 e. The number of carboxylic acids is 1. The van der Waals surface area contributed by atoms with E-state index in [1.54, 1.807) is 12.1 Å². The van der Waals surface area contributed by atoms with Crippen LogP contribution >= 0.6 is 11.6 Å². The van der Waals surface area contributed by atoms with Crippen molar-refractivity contribution in [2.24, 2.45) is 0 Å². The van der Waals surface area contributed by atoms with Crippen molar-refractivity contribution in [2.75, 3.05) is 6.54 Å². The van der Waals surface area contributed by atoms with Crippen molar-refractivity contribution in [2.45, 2.75) is 38.6 Å². The van der Waals surface area contributed by atoms with Crippen molar-refractivity contribution in [1.29, 1.82) is 0 Å². The predicted octanol–water partition coefficient (Wildman–Crippen LogP) is 3.25. The lowest BCUT2D eigenvalue weighted by atomic mass is 10.1. The van der Waals surface area contributed by atoms with Crippen molar-refractivity contribution in [1.82, 2.24) is 5.32 Å². The smallest absolute Gasteiger partial charge is 0.320 e. The highest BCUT2D eigenvalue weighted by atomic mass is 35.5. The number of hydrogen-bond donors (Lipinski definition) is 2. The van der Waals surface area contributed by atoms with Crippen molar-refractivity contribution in [3.05, 3.63) is 34.6 Å². The summed E-state index contributed by atoms with van der Waals surface area (Å²) in [5.74, 6) is -1.15. The molecule has 0 saturated heterocycles. The first-order valence-corrected chi connectivity index (χ1v) is 6.83. The fraction of sp³-hybridized carbons (Fsp3) is 0.500. The molecule has 1 unspecified atom stereocenters. The zero-order chi connectivity index (χ0) is 14.3. The Bertz CT molecular complexity index is 406. The molecule has 0 fully saturated rings. The Balaban J connectivity index is 2.40. The van der Waals surface area contributed by atoms with Crippen LogP contribution in [-0.2, 0) is 11.2 Å². The van der Waals surface area contributed by atoms with Gasteiger partial charge >= 0.3 is 5.97 Å². The topological polar surface area (TPSA) is 49.3 Å². The Hall–Kier alpha value is -1.13. The number of carbonyl (C=O) groups is 1. The van der Waals surface area contributed by atoms with Gasteiger partial charge in [-0.1, -0.05) is 31.0 Å². The van der Waals surface area contributed by atoms with Crippen LogP contribution in [0.15, 0.2) is 18.2 Å². The summed E-state index contributed by atoms with van der Waals surface area (Å²) in [4.78, 5) is 10.9. The van der Waals surface area contributed by atoms with Gasteiger partial charge in [0.1, 0.15) is 11.9 Å². The van der Waals surface area contributed by atoms with E-state index in [1.165, 1.54) is 6.07 Å². The Morgan fingerprint density at radius 2 is 2.26 bits per heavy atom. The maximum absolute atomic E-state index is 13.5. The molecule has 0 spiro atoms. The molecule has 19 heavy (non-hydrogen) atoms. The standard InChI is InChI=1S/C14H19ClFNO2/c1-2-5-13(14(18)19)17-9-4-6-10-11(15)7-3-8-12(10)16/h3,7-8,13,17H,2,4-6,9H2,1H3,(H,18,19). The summed E-state index contributed by atoms with van der Waals surface area (Å²) in [5, 5.41) is 12.3. The third-order valence-electron chi connectivity index (χ3n) is 2.93. The number of aliphatic carboxylic acids is 1. The van der Waals surface area contributed by atoms with Crippen molar-refractivity contribution in [3.63, 3.8) is 0 Å². The first-order valence-electron chi connectivity index (χ1n) is 6.45. The Kier molecular flexibility index (Phi) is 6.81. The molecule has 106 valence electrons. The molecule has 1 rings (SSSR count). The summed E-state index contributed by atoms with van der Waals surface area (Å²) < 4.78 is 13.5. The van der Waals surface area contributed by atoms with Crippen LogP contribution in [0, 0.1) is 5.82 Å². The van der Waals surface area contributed by atoms with Crippen LogP contribution in [0.1, 0.15) is 31.7 Å². The van der Waals surface area contributed by atoms with E-state index < -0.39 is 12.0 Å². The van der Waals surface area contributed by atoms with Crippen molar-refractivity contribution < 1.29 is 14.3 Å². The van der Waals surface area contributed by atoms with Gasteiger partial charge in [0.05, 0.1) is 0 Å². The predicted molar refractivity (Wildman–Crippen MR) is 74.1 cm³/mol. The second kappa shape index (κ2) is 8.12. The zero-order valence-corrected chi connectivity index (χ0v) is 11.7. The highest BCUT2D eigenvalue weighted by Crippen LogP contribution is 2.20. The monoisotopic (exact) mass is 287 g/mol. The summed E-state index contributed by atoms with van der Waals surface area (Å²) >= 11 is 5.92. The van der Waals surface area contributed by atoms with E-state index in [2.05, 4.69) is 5.32 Å². The van der Waals surface area contributed by atoms with Crippen LogP contribution in [0.25, 0.3) is 0 Å². The van der Waals surface area contributed by atoms with Crippen LogP contribution in [0.5, 0.6) is 0 Å². The molecule has 0 heterocycles. The van der Waals surface area contributed by atoms with Crippen LogP contribution in [0.2, 0.25) is 5.02 Å². The average molecular weight is 288 g/mol. The lowest BCUT2D eigenvalue weighted by Gasteiger charge is -2.13. The van der Waals surface area contributed by atoms with Gasteiger partial charge in [-0.15, -0.1) is 0 Å². The molecule has 1 atom stereocenters. The number of rotatable bonds is 8. The Labute approximate surface area is 117 Å². The summed E-state index contributed by atoms with van der Waals surface area (Å²) in [7, 11) is 0. The lowest BCUT2D eigenvalue weighted by Crippen LogP contribution is -2.37. The highest BCUT2D eigenvalue weighted by Gasteiger charge is 2.15. The van der Waals surface area contributed by atoms with Gasteiger partial charge in [0, 0.05) is 10.6 Å². The summed E-state index contributed by atoms with van der Waals surface area (Å²) in [5.41, 5.74) is 0.494. The maximum atomic E-state index is 13.5. The van der Waals surface area contributed by atoms with Crippen LogP contribution in [0.3, 0.4) is 0 Å². The minimum Gasteiger partial charge on any atom is -0.480 e. The van der Waals surface area contributed by atoms with Gasteiger partial charge in [0.15, 0.2) is 0 Å². The fourth-order valence-corrected chi connectivity index (χ4v) is 2.17. The fourth-order valence-electron chi connectivity index (χ4n) is 1.91. The SMILES string of the molecule is CCCC(NCCCc1c(F)cccc1Cl)C(=O)O. The molecule has 1 aromatic carbocycles. The average Bonchev–Trinajstić information content (AvgIpc) is 2.35. The molecule has 5 heteroatoms.